The minimum atomic E-state index is -0.592. The number of carbonyl (C=O) groups excluding carboxylic acids is 2. The van der Waals surface area contributed by atoms with Gasteiger partial charge in [-0.3, -0.25) is 4.79 Å². The summed E-state index contributed by atoms with van der Waals surface area (Å²) in [6, 6.07) is 8.34. The van der Waals surface area contributed by atoms with Crippen LogP contribution in [0.4, 0.5) is 0 Å². The van der Waals surface area contributed by atoms with Gasteiger partial charge in [-0.25, -0.2) is 4.79 Å². The van der Waals surface area contributed by atoms with E-state index in [1.54, 1.807) is 39.6 Å². The van der Waals surface area contributed by atoms with Crippen molar-refractivity contribution in [3.63, 3.8) is 0 Å². The second-order valence-corrected chi connectivity index (χ2v) is 8.25. The van der Waals surface area contributed by atoms with E-state index in [0.717, 1.165) is 19.4 Å². The molecule has 1 fully saturated rings. The summed E-state index contributed by atoms with van der Waals surface area (Å²) in [5.41, 5.74) is 0.611. The highest BCUT2D eigenvalue weighted by Crippen LogP contribution is 2.36. The maximum atomic E-state index is 12.8. The summed E-state index contributed by atoms with van der Waals surface area (Å²) in [5, 5.41) is 1.34. The number of likely N-dealkylation sites (tertiary alicyclic amines) is 1. The molecular weight excluding hydrogens is 336 g/mol. The summed E-state index contributed by atoms with van der Waals surface area (Å²) in [6.45, 7) is 6.19. The lowest BCUT2D eigenvalue weighted by Crippen LogP contribution is -2.40. The Hall–Kier alpha value is -1.53. The Bertz CT molecular complexity index is 627. The predicted octanol–water partition coefficient (Wildman–Crippen LogP) is 3.51. The number of benzene rings is 1. The summed E-state index contributed by atoms with van der Waals surface area (Å²) in [6.07, 6.45) is 4.01. The topological polar surface area (TPSA) is 49.9 Å². The van der Waals surface area contributed by atoms with Gasteiger partial charge in [0.15, 0.2) is 0 Å². The van der Waals surface area contributed by atoms with Gasteiger partial charge in [0, 0.05) is 18.5 Å². The molecule has 0 aromatic heterocycles. The van der Waals surface area contributed by atoms with Crippen LogP contribution in [0.3, 0.4) is 0 Å². The van der Waals surface area contributed by atoms with E-state index >= 15 is 0 Å². The minimum Gasteiger partial charge on any atom is -0.367 e. The van der Waals surface area contributed by atoms with Gasteiger partial charge in [0.2, 0.25) is 5.91 Å². The lowest BCUT2D eigenvalue weighted by atomic mass is 9.98. The molecular formula is C19H28N2O3S. The van der Waals surface area contributed by atoms with Gasteiger partial charge in [-0.1, -0.05) is 18.2 Å². The molecule has 1 atom stereocenters. The molecule has 1 amide bonds. The molecule has 1 aromatic rings. The zero-order valence-electron chi connectivity index (χ0n) is 15.7. The summed E-state index contributed by atoms with van der Waals surface area (Å²) < 4.78 is 0. The molecule has 1 aliphatic rings. The van der Waals surface area contributed by atoms with Gasteiger partial charge in [-0.15, -0.1) is 16.8 Å². The molecule has 6 heteroatoms. The van der Waals surface area contributed by atoms with Crippen molar-refractivity contribution in [2.45, 2.75) is 44.6 Å². The van der Waals surface area contributed by atoms with Crippen LogP contribution in [0.1, 0.15) is 45.2 Å². The number of hydrogen-bond donors (Lipinski definition) is 0. The van der Waals surface area contributed by atoms with Crippen LogP contribution in [0.15, 0.2) is 29.2 Å². The predicted molar refractivity (Wildman–Crippen MR) is 100 cm³/mol. The lowest BCUT2D eigenvalue weighted by molar-refractivity contribution is -0.195. The Kier molecular flexibility index (Phi) is 6.52. The van der Waals surface area contributed by atoms with Crippen molar-refractivity contribution in [1.82, 2.24) is 9.96 Å². The Morgan fingerprint density at radius 2 is 2.00 bits per heavy atom. The first-order chi connectivity index (χ1) is 11.7. The maximum absolute atomic E-state index is 12.8. The summed E-state index contributed by atoms with van der Waals surface area (Å²) >= 11 is 1.70. The quantitative estimate of drug-likeness (QED) is 0.591. The molecule has 1 unspecified atom stereocenters. The van der Waals surface area contributed by atoms with Crippen molar-refractivity contribution in [2.24, 2.45) is 5.41 Å². The third kappa shape index (κ3) is 4.98. The largest absolute Gasteiger partial charge is 0.367 e. The van der Waals surface area contributed by atoms with E-state index in [1.807, 2.05) is 17.0 Å². The van der Waals surface area contributed by atoms with Crippen molar-refractivity contribution in [2.75, 3.05) is 26.4 Å². The van der Waals surface area contributed by atoms with E-state index in [-0.39, 0.29) is 24.5 Å². The van der Waals surface area contributed by atoms with Crippen LogP contribution in [-0.2, 0) is 14.4 Å². The second kappa shape index (κ2) is 8.23. The first kappa shape index (κ1) is 19.8. The number of hydroxylamine groups is 2. The number of rotatable bonds is 5. The Balaban J connectivity index is 2.04. The average Bonchev–Trinajstić information content (AvgIpc) is 3.03. The number of nitrogens with zero attached hydrogens (tertiary/aromatic N) is 2. The van der Waals surface area contributed by atoms with E-state index in [4.69, 9.17) is 4.84 Å². The van der Waals surface area contributed by atoms with Gasteiger partial charge in [0.05, 0.1) is 11.5 Å². The SMILES string of the molecule is CSc1ccccc1C1CCCN1C(=O)CN(C)OC(=O)C(C)(C)C. The Labute approximate surface area is 154 Å². The zero-order valence-corrected chi connectivity index (χ0v) is 16.6. The van der Waals surface area contributed by atoms with Crippen LogP contribution in [0, 0.1) is 5.41 Å². The number of carbonyl (C=O) groups is 2. The molecule has 0 saturated carbocycles. The molecule has 0 spiro atoms. The number of amides is 1. The lowest BCUT2D eigenvalue weighted by Gasteiger charge is -2.28. The number of hydrogen-bond acceptors (Lipinski definition) is 5. The smallest absolute Gasteiger partial charge is 0.330 e. The van der Waals surface area contributed by atoms with Gasteiger partial charge in [0.25, 0.3) is 0 Å². The molecule has 0 radical (unpaired) electrons. The molecule has 138 valence electrons. The minimum absolute atomic E-state index is 0.0115. The molecule has 2 rings (SSSR count). The number of thioether (sulfide) groups is 1. The molecule has 1 aliphatic heterocycles. The monoisotopic (exact) mass is 364 g/mol. The first-order valence-corrected chi connectivity index (χ1v) is 9.82. The molecule has 1 aromatic carbocycles. The molecule has 0 N–H and O–H groups in total. The fourth-order valence-electron chi connectivity index (χ4n) is 2.92. The van der Waals surface area contributed by atoms with Crippen molar-refractivity contribution in [3.05, 3.63) is 29.8 Å². The fraction of sp³-hybridized carbons (Fsp3) is 0.579. The molecule has 5 nitrogen and oxygen atoms in total. The van der Waals surface area contributed by atoms with Crippen molar-refractivity contribution in [3.8, 4) is 0 Å². The third-order valence-electron chi connectivity index (χ3n) is 4.28. The van der Waals surface area contributed by atoms with Crippen LogP contribution in [0.25, 0.3) is 0 Å². The molecule has 1 saturated heterocycles. The summed E-state index contributed by atoms with van der Waals surface area (Å²) in [4.78, 5) is 33.1. The van der Waals surface area contributed by atoms with Gasteiger partial charge < -0.3 is 9.74 Å². The fourth-order valence-corrected chi connectivity index (χ4v) is 3.58. The third-order valence-corrected chi connectivity index (χ3v) is 5.09. The maximum Gasteiger partial charge on any atom is 0.330 e. The zero-order chi connectivity index (χ0) is 18.6. The van der Waals surface area contributed by atoms with Crippen LogP contribution in [0.5, 0.6) is 0 Å². The van der Waals surface area contributed by atoms with E-state index in [2.05, 4.69) is 18.4 Å². The highest BCUT2D eigenvalue weighted by Gasteiger charge is 2.32. The van der Waals surface area contributed by atoms with Crippen molar-refractivity contribution >= 4 is 23.6 Å². The molecule has 0 bridgehead atoms. The van der Waals surface area contributed by atoms with E-state index in [9.17, 15) is 9.59 Å². The van der Waals surface area contributed by atoms with E-state index in [1.165, 1.54) is 15.5 Å². The first-order valence-electron chi connectivity index (χ1n) is 8.60. The van der Waals surface area contributed by atoms with Crippen molar-refractivity contribution < 1.29 is 14.4 Å². The van der Waals surface area contributed by atoms with Gasteiger partial charge in [-0.05, 0) is 51.5 Å². The molecule has 1 heterocycles. The van der Waals surface area contributed by atoms with Crippen LogP contribution in [0.2, 0.25) is 0 Å². The average molecular weight is 365 g/mol. The Morgan fingerprint density at radius 1 is 1.32 bits per heavy atom. The molecule has 0 aliphatic carbocycles. The van der Waals surface area contributed by atoms with Crippen LogP contribution in [-0.4, -0.2) is 48.2 Å². The number of likely N-dealkylation sites (N-methyl/N-ethyl adjacent to an activating group) is 1. The Morgan fingerprint density at radius 3 is 2.64 bits per heavy atom. The van der Waals surface area contributed by atoms with E-state index in [0.29, 0.717) is 0 Å². The standard InChI is InChI=1S/C19H28N2O3S/c1-19(2,3)18(23)24-20(4)13-17(22)21-12-8-10-15(21)14-9-6-7-11-16(14)25-5/h6-7,9,11,15H,8,10,12-13H2,1-5H3. The highest BCUT2D eigenvalue weighted by molar-refractivity contribution is 7.98. The van der Waals surface area contributed by atoms with Gasteiger partial charge >= 0.3 is 5.97 Å². The summed E-state index contributed by atoms with van der Waals surface area (Å²) in [7, 11) is 1.63. The molecule has 25 heavy (non-hydrogen) atoms. The van der Waals surface area contributed by atoms with Gasteiger partial charge in [0.1, 0.15) is 6.54 Å². The summed E-state index contributed by atoms with van der Waals surface area (Å²) in [5.74, 6) is -0.351. The second-order valence-electron chi connectivity index (χ2n) is 7.40. The van der Waals surface area contributed by atoms with Gasteiger partial charge in [-0.2, -0.15) is 0 Å². The van der Waals surface area contributed by atoms with Crippen molar-refractivity contribution in [1.29, 1.82) is 0 Å². The van der Waals surface area contributed by atoms with Crippen LogP contribution < -0.4 is 0 Å². The van der Waals surface area contributed by atoms with Crippen LogP contribution >= 0.6 is 11.8 Å². The normalized spacial score (nSPS) is 17.8. The van der Waals surface area contributed by atoms with E-state index < -0.39 is 5.41 Å². The highest BCUT2D eigenvalue weighted by atomic mass is 32.2.